The maximum absolute atomic E-state index is 13.2. The summed E-state index contributed by atoms with van der Waals surface area (Å²) in [6.45, 7) is 0. The predicted molar refractivity (Wildman–Crippen MR) is 126 cm³/mol. The zero-order chi connectivity index (χ0) is 21.4. The fraction of sp³-hybridized carbons (Fsp3) is 0. The number of benzene rings is 2. The number of nitrogens with two attached hydrogens (primary N) is 1. The van der Waals surface area contributed by atoms with Gasteiger partial charge in [0.05, 0.1) is 17.2 Å². The van der Waals surface area contributed by atoms with Gasteiger partial charge in [-0.15, -0.1) is 11.3 Å². The van der Waals surface area contributed by atoms with E-state index in [0.29, 0.717) is 32.9 Å². The number of fused-ring (bicyclic) bond motifs is 2. The molecule has 0 radical (unpaired) electrons. The summed E-state index contributed by atoms with van der Waals surface area (Å²) in [7, 11) is 0. The third kappa shape index (κ3) is 3.63. The molecule has 5 aromatic rings. The van der Waals surface area contributed by atoms with Crippen molar-refractivity contribution >= 4 is 68.8 Å². The lowest BCUT2D eigenvalue weighted by molar-refractivity contribution is 0.102. The number of carbonyl (C=O) groups excluding carboxylic acids is 1. The van der Waals surface area contributed by atoms with E-state index in [1.807, 2.05) is 41.8 Å². The summed E-state index contributed by atoms with van der Waals surface area (Å²) < 4.78 is 1.45. The Morgan fingerprint density at radius 3 is 2.52 bits per heavy atom. The standard InChI is InChI=1S/C22H15ClN6OS/c23-13-7-9-14(10-8-13)26-22(30)18-19-21(28-17-6-2-1-5-16(17)27-19)29(20(18)24)25-12-15-4-3-11-31-15/h1-12H,24H2,(H,26,30). The molecule has 0 fully saturated rings. The second-order valence-electron chi connectivity index (χ2n) is 6.68. The maximum atomic E-state index is 13.2. The molecule has 0 bridgehead atoms. The van der Waals surface area contributed by atoms with Crippen LogP contribution in [-0.2, 0) is 0 Å². The zero-order valence-electron chi connectivity index (χ0n) is 16.0. The number of hydrogen-bond acceptors (Lipinski definition) is 6. The smallest absolute Gasteiger partial charge is 0.261 e. The van der Waals surface area contributed by atoms with Crippen molar-refractivity contribution in [2.24, 2.45) is 5.10 Å². The summed E-state index contributed by atoms with van der Waals surface area (Å²) in [6.07, 6.45) is 1.68. The number of hydrogen-bond donors (Lipinski definition) is 2. The van der Waals surface area contributed by atoms with E-state index >= 15 is 0 Å². The molecular formula is C22H15ClN6OS. The highest BCUT2D eigenvalue weighted by Gasteiger charge is 2.24. The number of aromatic nitrogens is 3. The molecule has 2 aromatic carbocycles. The van der Waals surface area contributed by atoms with Crippen molar-refractivity contribution in [3.8, 4) is 0 Å². The first-order valence-electron chi connectivity index (χ1n) is 9.31. The van der Waals surface area contributed by atoms with Crippen LogP contribution in [0.5, 0.6) is 0 Å². The van der Waals surface area contributed by atoms with Gasteiger partial charge in [-0.25, -0.2) is 9.97 Å². The van der Waals surface area contributed by atoms with Crippen molar-refractivity contribution in [1.29, 1.82) is 0 Å². The lowest BCUT2D eigenvalue weighted by atomic mass is 10.2. The molecule has 3 aromatic heterocycles. The van der Waals surface area contributed by atoms with Crippen LogP contribution in [0.3, 0.4) is 0 Å². The maximum Gasteiger partial charge on any atom is 0.261 e. The molecule has 9 heteroatoms. The Labute approximate surface area is 185 Å². The molecule has 5 rings (SSSR count). The van der Waals surface area contributed by atoms with Gasteiger partial charge in [0.15, 0.2) is 5.65 Å². The fourth-order valence-electron chi connectivity index (χ4n) is 3.19. The van der Waals surface area contributed by atoms with Crippen LogP contribution in [0.25, 0.3) is 22.2 Å². The average molecular weight is 447 g/mol. The number of nitrogen functional groups attached to an aromatic ring is 1. The average Bonchev–Trinajstić information content (AvgIpc) is 3.38. The minimum Gasteiger partial charge on any atom is -0.383 e. The highest BCUT2D eigenvalue weighted by molar-refractivity contribution is 7.11. The Hall–Kier alpha value is -3.75. The van der Waals surface area contributed by atoms with Gasteiger partial charge in [-0.2, -0.15) is 9.78 Å². The molecule has 152 valence electrons. The van der Waals surface area contributed by atoms with E-state index in [0.717, 1.165) is 4.88 Å². The SMILES string of the molecule is Nc1c(C(=O)Nc2ccc(Cl)cc2)c2nc3ccccc3nc2n1N=Cc1cccs1. The zero-order valence-corrected chi connectivity index (χ0v) is 17.6. The molecule has 0 spiro atoms. The van der Waals surface area contributed by atoms with Gasteiger partial charge in [-0.3, -0.25) is 4.79 Å². The predicted octanol–water partition coefficient (Wildman–Crippen LogP) is 5.02. The van der Waals surface area contributed by atoms with Crippen LogP contribution in [0.4, 0.5) is 11.5 Å². The minimum atomic E-state index is -0.403. The Balaban J connectivity index is 1.67. The molecule has 0 atom stereocenters. The summed E-state index contributed by atoms with van der Waals surface area (Å²) in [5.74, 6) is -0.246. The van der Waals surface area contributed by atoms with E-state index in [9.17, 15) is 4.79 Å². The van der Waals surface area contributed by atoms with E-state index in [1.165, 1.54) is 4.68 Å². The van der Waals surface area contributed by atoms with Crippen molar-refractivity contribution in [2.45, 2.75) is 0 Å². The Bertz CT molecular complexity index is 1440. The van der Waals surface area contributed by atoms with Crippen LogP contribution in [0, 0.1) is 0 Å². The molecule has 0 unspecified atom stereocenters. The fourth-order valence-corrected chi connectivity index (χ4v) is 3.90. The Morgan fingerprint density at radius 2 is 1.81 bits per heavy atom. The summed E-state index contributed by atoms with van der Waals surface area (Å²) in [5.41, 5.74) is 9.33. The van der Waals surface area contributed by atoms with Gasteiger partial charge in [0.2, 0.25) is 0 Å². The lowest BCUT2D eigenvalue weighted by Gasteiger charge is -2.05. The summed E-state index contributed by atoms with van der Waals surface area (Å²) in [4.78, 5) is 23.4. The van der Waals surface area contributed by atoms with Crippen molar-refractivity contribution in [3.63, 3.8) is 0 Å². The van der Waals surface area contributed by atoms with Gasteiger partial charge in [-0.05, 0) is 47.8 Å². The normalized spacial score (nSPS) is 11.5. The van der Waals surface area contributed by atoms with E-state index in [4.69, 9.17) is 17.3 Å². The number of anilines is 2. The summed E-state index contributed by atoms with van der Waals surface area (Å²) >= 11 is 7.48. The molecule has 0 aliphatic carbocycles. The first-order chi connectivity index (χ1) is 15.1. The molecule has 1 amide bonds. The van der Waals surface area contributed by atoms with E-state index in [1.54, 1.807) is 41.8 Å². The number of carbonyl (C=O) groups is 1. The number of rotatable bonds is 4. The van der Waals surface area contributed by atoms with Gasteiger partial charge in [0.1, 0.15) is 16.9 Å². The third-order valence-electron chi connectivity index (χ3n) is 4.65. The van der Waals surface area contributed by atoms with Crippen molar-refractivity contribution in [1.82, 2.24) is 14.6 Å². The van der Waals surface area contributed by atoms with Crippen molar-refractivity contribution in [3.05, 3.63) is 81.5 Å². The van der Waals surface area contributed by atoms with Crippen LogP contribution in [0.15, 0.2) is 71.1 Å². The van der Waals surface area contributed by atoms with Crippen LogP contribution < -0.4 is 11.1 Å². The molecule has 3 N–H and O–H groups in total. The highest BCUT2D eigenvalue weighted by atomic mass is 35.5. The quantitative estimate of drug-likeness (QED) is 0.379. The lowest BCUT2D eigenvalue weighted by Crippen LogP contribution is -2.14. The largest absolute Gasteiger partial charge is 0.383 e. The Kier molecular flexibility index (Phi) is 4.85. The van der Waals surface area contributed by atoms with Crippen LogP contribution in [0.1, 0.15) is 15.2 Å². The molecular weight excluding hydrogens is 432 g/mol. The van der Waals surface area contributed by atoms with E-state index < -0.39 is 5.91 Å². The number of para-hydroxylation sites is 2. The molecule has 7 nitrogen and oxygen atoms in total. The monoisotopic (exact) mass is 446 g/mol. The number of nitrogens with one attached hydrogen (secondary N) is 1. The van der Waals surface area contributed by atoms with Gasteiger partial charge >= 0.3 is 0 Å². The second kappa shape index (κ2) is 7.82. The van der Waals surface area contributed by atoms with Crippen LogP contribution in [-0.4, -0.2) is 26.8 Å². The molecule has 0 saturated heterocycles. The highest BCUT2D eigenvalue weighted by Crippen LogP contribution is 2.29. The molecule has 0 aliphatic heterocycles. The van der Waals surface area contributed by atoms with E-state index in [-0.39, 0.29) is 11.4 Å². The molecule has 31 heavy (non-hydrogen) atoms. The third-order valence-corrected chi connectivity index (χ3v) is 5.71. The molecule has 0 aliphatic rings. The van der Waals surface area contributed by atoms with Crippen molar-refractivity contribution < 1.29 is 4.79 Å². The number of amides is 1. The van der Waals surface area contributed by atoms with Gasteiger partial charge in [0.25, 0.3) is 5.91 Å². The Morgan fingerprint density at radius 1 is 1.06 bits per heavy atom. The van der Waals surface area contributed by atoms with E-state index in [2.05, 4.69) is 20.4 Å². The molecule has 0 saturated carbocycles. The topological polar surface area (TPSA) is 98.2 Å². The van der Waals surface area contributed by atoms with Gasteiger partial charge in [0, 0.05) is 15.6 Å². The number of halogens is 1. The van der Waals surface area contributed by atoms with Gasteiger partial charge in [-0.1, -0.05) is 29.8 Å². The van der Waals surface area contributed by atoms with Crippen LogP contribution in [0.2, 0.25) is 5.02 Å². The summed E-state index contributed by atoms with van der Waals surface area (Å²) in [5, 5.41) is 9.86. The first kappa shape index (κ1) is 19.2. The van der Waals surface area contributed by atoms with Crippen LogP contribution >= 0.6 is 22.9 Å². The van der Waals surface area contributed by atoms with Crippen molar-refractivity contribution in [2.75, 3.05) is 11.1 Å². The minimum absolute atomic E-state index is 0.157. The first-order valence-corrected chi connectivity index (χ1v) is 10.6. The summed E-state index contributed by atoms with van der Waals surface area (Å²) in [6, 6.07) is 18.1. The molecule has 3 heterocycles. The van der Waals surface area contributed by atoms with Gasteiger partial charge < -0.3 is 11.1 Å². The number of thiophene rings is 1. The second-order valence-corrected chi connectivity index (χ2v) is 8.09. The number of nitrogens with zero attached hydrogens (tertiary/aromatic N) is 4.